The minimum absolute atomic E-state index is 0.985. The first-order valence-corrected chi connectivity index (χ1v) is 6.55. The van der Waals surface area contributed by atoms with Crippen LogP contribution in [0.3, 0.4) is 0 Å². The van der Waals surface area contributed by atoms with Crippen LogP contribution in [-0.4, -0.2) is 7.11 Å². The predicted molar refractivity (Wildman–Crippen MR) is 78.7 cm³/mol. The molecule has 1 aliphatic rings. The molecule has 0 spiro atoms. The van der Waals surface area contributed by atoms with E-state index >= 15 is 0 Å². The summed E-state index contributed by atoms with van der Waals surface area (Å²) in [5.74, 6) is 0.985. The van der Waals surface area contributed by atoms with Gasteiger partial charge in [0.1, 0.15) is 5.75 Å². The number of fused-ring (bicyclic) bond motifs is 5. The van der Waals surface area contributed by atoms with Crippen molar-refractivity contribution >= 4 is 10.8 Å². The molecule has 0 unspecified atom stereocenters. The fraction of sp³-hybridized carbons (Fsp3) is 0.111. The summed E-state index contributed by atoms with van der Waals surface area (Å²) in [7, 11) is 1.76. The molecule has 0 aromatic heterocycles. The maximum absolute atomic E-state index is 5.62. The van der Waals surface area contributed by atoms with Crippen molar-refractivity contribution in [2.75, 3.05) is 7.11 Å². The van der Waals surface area contributed by atoms with E-state index in [4.69, 9.17) is 4.74 Å². The Labute approximate surface area is 112 Å². The molecule has 3 aromatic rings. The van der Waals surface area contributed by atoms with Crippen LogP contribution in [0.15, 0.2) is 54.6 Å². The Morgan fingerprint density at radius 1 is 0.947 bits per heavy atom. The molecule has 0 saturated carbocycles. The number of benzene rings is 3. The summed E-state index contributed by atoms with van der Waals surface area (Å²) in [6.45, 7) is 0. The van der Waals surface area contributed by atoms with Gasteiger partial charge in [0.05, 0.1) is 7.11 Å². The Hall–Kier alpha value is -2.28. The Kier molecular flexibility index (Phi) is 2.16. The van der Waals surface area contributed by atoms with Crippen molar-refractivity contribution in [3.05, 3.63) is 65.7 Å². The molecule has 1 heteroatoms. The second-order valence-electron chi connectivity index (χ2n) is 4.99. The van der Waals surface area contributed by atoms with E-state index in [0.29, 0.717) is 0 Å². The summed E-state index contributed by atoms with van der Waals surface area (Å²) in [5.41, 5.74) is 5.39. The first-order valence-electron chi connectivity index (χ1n) is 6.55. The van der Waals surface area contributed by atoms with E-state index in [1.807, 2.05) is 0 Å². The maximum atomic E-state index is 5.62. The average molecular weight is 246 g/mol. The Balaban J connectivity index is 2.14. The highest BCUT2D eigenvalue weighted by atomic mass is 16.5. The molecular weight excluding hydrogens is 232 g/mol. The van der Waals surface area contributed by atoms with Gasteiger partial charge in [-0.25, -0.2) is 0 Å². The zero-order chi connectivity index (χ0) is 12.8. The van der Waals surface area contributed by atoms with Crippen LogP contribution >= 0.6 is 0 Å². The van der Waals surface area contributed by atoms with Gasteiger partial charge < -0.3 is 4.74 Å². The van der Waals surface area contributed by atoms with Gasteiger partial charge in [0.25, 0.3) is 0 Å². The summed E-state index contributed by atoms with van der Waals surface area (Å²) >= 11 is 0. The summed E-state index contributed by atoms with van der Waals surface area (Å²) in [5, 5.41) is 2.60. The lowest BCUT2D eigenvalue weighted by atomic mass is 9.98. The van der Waals surface area contributed by atoms with E-state index in [1.165, 1.54) is 33.0 Å². The van der Waals surface area contributed by atoms with E-state index in [0.717, 1.165) is 12.2 Å². The van der Waals surface area contributed by atoms with Crippen molar-refractivity contribution < 1.29 is 4.74 Å². The second kappa shape index (κ2) is 3.86. The molecule has 4 rings (SSSR count). The lowest BCUT2D eigenvalue weighted by molar-refractivity contribution is 0.417. The first kappa shape index (κ1) is 10.6. The van der Waals surface area contributed by atoms with Crippen molar-refractivity contribution in [1.82, 2.24) is 0 Å². The van der Waals surface area contributed by atoms with E-state index < -0.39 is 0 Å². The van der Waals surface area contributed by atoms with E-state index in [-0.39, 0.29) is 0 Å². The molecule has 92 valence electrons. The van der Waals surface area contributed by atoms with Gasteiger partial charge in [0.15, 0.2) is 0 Å². The van der Waals surface area contributed by atoms with Crippen LogP contribution in [0.1, 0.15) is 11.1 Å². The van der Waals surface area contributed by atoms with Crippen molar-refractivity contribution in [1.29, 1.82) is 0 Å². The van der Waals surface area contributed by atoms with Crippen LogP contribution in [0.5, 0.6) is 5.75 Å². The molecule has 0 aliphatic heterocycles. The summed E-state index contributed by atoms with van der Waals surface area (Å²) in [4.78, 5) is 0. The van der Waals surface area contributed by atoms with Gasteiger partial charge in [-0.05, 0) is 39.9 Å². The highest BCUT2D eigenvalue weighted by molar-refractivity contribution is 5.98. The molecule has 0 heterocycles. The molecule has 0 atom stereocenters. The highest BCUT2D eigenvalue weighted by Crippen LogP contribution is 2.45. The topological polar surface area (TPSA) is 9.23 Å². The normalized spacial score (nSPS) is 12.3. The molecule has 0 amide bonds. The molecule has 19 heavy (non-hydrogen) atoms. The molecule has 1 nitrogen and oxygen atoms in total. The zero-order valence-corrected chi connectivity index (χ0v) is 10.8. The third-order valence-corrected chi connectivity index (χ3v) is 3.99. The van der Waals surface area contributed by atoms with Gasteiger partial charge in [0.2, 0.25) is 0 Å². The number of hydrogen-bond acceptors (Lipinski definition) is 1. The molecule has 0 bridgehead atoms. The fourth-order valence-corrected chi connectivity index (χ4v) is 3.14. The Morgan fingerprint density at radius 2 is 1.74 bits per heavy atom. The van der Waals surface area contributed by atoms with Gasteiger partial charge in [-0.2, -0.15) is 0 Å². The third kappa shape index (κ3) is 1.42. The Morgan fingerprint density at radius 3 is 2.63 bits per heavy atom. The summed E-state index contributed by atoms with van der Waals surface area (Å²) in [6, 6.07) is 19.3. The molecule has 1 aliphatic carbocycles. The first-order chi connectivity index (χ1) is 9.38. The smallest absolute Gasteiger partial charge is 0.127 e. The number of ether oxygens (including phenoxy) is 1. The third-order valence-electron chi connectivity index (χ3n) is 3.99. The fourth-order valence-electron chi connectivity index (χ4n) is 3.14. The maximum Gasteiger partial charge on any atom is 0.127 e. The highest BCUT2D eigenvalue weighted by Gasteiger charge is 2.23. The van der Waals surface area contributed by atoms with Gasteiger partial charge in [-0.15, -0.1) is 0 Å². The molecular formula is C18H14O. The molecule has 0 saturated heterocycles. The molecule has 0 fully saturated rings. The van der Waals surface area contributed by atoms with Gasteiger partial charge in [0, 0.05) is 5.56 Å². The zero-order valence-electron chi connectivity index (χ0n) is 10.8. The monoisotopic (exact) mass is 246 g/mol. The van der Waals surface area contributed by atoms with Gasteiger partial charge >= 0.3 is 0 Å². The van der Waals surface area contributed by atoms with Crippen molar-refractivity contribution in [2.24, 2.45) is 0 Å². The van der Waals surface area contributed by atoms with Gasteiger partial charge in [-0.3, -0.25) is 0 Å². The van der Waals surface area contributed by atoms with Crippen LogP contribution in [-0.2, 0) is 6.42 Å². The lowest BCUT2D eigenvalue weighted by Gasteiger charge is -2.11. The number of rotatable bonds is 1. The molecule has 0 radical (unpaired) electrons. The quantitative estimate of drug-likeness (QED) is 0.483. The minimum Gasteiger partial charge on any atom is -0.496 e. The van der Waals surface area contributed by atoms with Crippen molar-refractivity contribution in [3.8, 4) is 16.9 Å². The van der Waals surface area contributed by atoms with Crippen LogP contribution < -0.4 is 4.74 Å². The van der Waals surface area contributed by atoms with Crippen LogP contribution in [0.4, 0.5) is 0 Å². The number of hydrogen-bond donors (Lipinski definition) is 0. The van der Waals surface area contributed by atoms with Crippen molar-refractivity contribution in [2.45, 2.75) is 6.42 Å². The van der Waals surface area contributed by atoms with Crippen molar-refractivity contribution in [3.63, 3.8) is 0 Å². The van der Waals surface area contributed by atoms with Crippen LogP contribution in [0, 0.1) is 0 Å². The minimum atomic E-state index is 0.985. The molecule has 3 aromatic carbocycles. The Bertz CT molecular complexity index is 787. The second-order valence-corrected chi connectivity index (χ2v) is 4.99. The van der Waals surface area contributed by atoms with E-state index in [1.54, 1.807) is 7.11 Å². The predicted octanol–water partition coefficient (Wildman–Crippen LogP) is 4.42. The summed E-state index contributed by atoms with van der Waals surface area (Å²) < 4.78 is 5.62. The molecule has 0 N–H and O–H groups in total. The number of methoxy groups -OCH3 is 1. The lowest BCUT2D eigenvalue weighted by Crippen LogP contribution is -1.90. The van der Waals surface area contributed by atoms with Crippen LogP contribution in [0.2, 0.25) is 0 Å². The largest absolute Gasteiger partial charge is 0.496 e. The standard InChI is InChI=1S/C18H14O/c1-19-17-11-13-7-2-4-8-14(13)16-10-12-6-3-5-9-15(12)18(16)17/h2-9,11H,10H2,1H3. The van der Waals surface area contributed by atoms with Crippen LogP contribution in [0.25, 0.3) is 21.9 Å². The summed E-state index contributed by atoms with van der Waals surface area (Å²) in [6.07, 6.45) is 1.00. The van der Waals surface area contributed by atoms with E-state index in [9.17, 15) is 0 Å². The SMILES string of the molecule is COc1cc2ccccc2c2c1-c1ccccc1C2. The van der Waals surface area contributed by atoms with E-state index in [2.05, 4.69) is 54.6 Å². The van der Waals surface area contributed by atoms with Gasteiger partial charge in [-0.1, -0.05) is 48.5 Å². The average Bonchev–Trinajstić information content (AvgIpc) is 2.86.